The van der Waals surface area contributed by atoms with Crippen molar-refractivity contribution in [3.63, 3.8) is 0 Å². The number of carbonyl (C=O) groups is 1. The number of hydrogen-bond donors (Lipinski definition) is 1. The minimum absolute atomic E-state index is 0.0738. The Labute approximate surface area is 120 Å². The highest BCUT2D eigenvalue weighted by Crippen LogP contribution is 2.18. The topological polar surface area (TPSA) is 45.2 Å². The highest BCUT2D eigenvalue weighted by molar-refractivity contribution is 5.98. The molecule has 20 heavy (non-hydrogen) atoms. The van der Waals surface area contributed by atoms with Crippen molar-refractivity contribution in [1.82, 2.24) is 9.88 Å². The van der Waals surface area contributed by atoms with Crippen LogP contribution >= 0.6 is 0 Å². The number of hydrogen-bond acceptors (Lipinski definition) is 3. The van der Waals surface area contributed by atoms with Gasteiger partial charge in [-0.3, -0.25) is 4.79 Å². The molecule has 112 valence electrons. The number of amides is 1. The summed E-state index contributed by atoms with van der Waals surface area (Å²) in [5.41, 5.74) is 0.306. The number of pyridine rings is 1. The molecule has 1 aromatic rings. The number of nitrogens with one attached hydrogen (secondary N) is 1. The molecule has 1 aromatic heterocycles. The number of carbonyl (C=O) groups excluding carboxylic acids is 1. The van der Waals surface area contributed by atoms with E-state index in [0.717, 1.165) is 19.0 Å². The average molecular weight is 281 g/mol. The number of halogens is 1. The molecule has 0 aliphatic carbocycles. The molecular weight excluding hydrogens is 257 g/mol. The van der Waals surface area contributed by atoms with E-state index < -0.39 is 5.82 Å². The minimum Gasteiger partial charge on any atom is -0.369 e. The Balaban J connectivity index is 3.08. The molecule has 0 atom stereocenters. The van der Waals surface area contributed by atoms with Gasteiger partial charge >= 0.3 is 0 Å². The second-order valence-electron chi connectivity index (χ2n) is 5.07. The summed E-state index contributed by atoms with van der Waals surface area (Å²) in [7, 11) is 0. The maximum absolute atomic E-state index is 13.4. The molecule has 1 heterocycles. The van der Waals surface area contributed by atoms with Crippen molar-refractivity contribution in [2.45, 2.75) is 46.6 Å². The zero-order chi connectivity index (χ0) is 15.1. The van der Waals surface area contributed by atoms with Crippen LogP contribution in [0.15, 0.2) is 12.3 Å². The lowest BCUT2D eigenvalue weighted by atomic mass is 10.1. The fraction of sp³-hybridized carbons (Fsp3) is 0.600. The van der Waals surface area contributed by atoms with Crippen LogP contribution in [-0.4, -0.2) is 34.9 Å². The van der Waals surface area contributed by atoms with E-state index in [2.05, 4.69) is 10.3 Å². The van der Waals surface area contributed by atoms with E-state index in [0.29, 0.717) is 24.5 Å². The molecule has 0 aliphatic heterocycles. The predicted molar refractivity (Wildman–Crippen MR) is 79.4 cm³/mol. The van der Waals surface area contributed by atoms with Crippen molar-refractivity contribution in [2.75, 3.05) is 18.4 Å². The fourth-order valence-electron chi connectivity index (χ4n) is 1.98. The molecule has 0 saturated carbocycles. The fourth-order valence-corrected chi connectivity index (χ4v) is 1.98. The van der Waals surface area contributed by atoms with Crippen molar-refractivity contribution in [3.05, 3.63) is 23.6 Å². The monoisotopic (exact) mass is 281 g/mol. The van der Waals surface area contributed by atoms with Crippen molar-refractivity contribution in [1.29, 1.82) is 0 Å². The first-order chi connectivity index (χ1) is 9.51. The van der Waals surface area contributed by atoms with E-state index in [1.165, 1.54) is 6.07 Å². The van der Waals surface area contributed by atoms with E-state index in [1.807, 2.05) is 27.7 Å². The number of anilines is 1. The first-order valence-corrected chi connectivity index (χ1v) is 7.21. The summed E-state index contributed by atoms with van der Waals surface area (Å²) >= 11 is 0. The van der Waals surface area contributed by atoms with Gasteiger partial charge in [0.15, 0.2) is 0 Å². The Morgan fingerprint density at radius 3 is 2.65 bits per heavy atom. The largest absolute Gasteiger partial charge is 0.369 e. The van der Waals surface area contributed by atoms with Crippen LogP contribution in [-0.2, 0) is 0 Å². The molecule has 1 amide bonds. The zero-order valence-corrected chi connectivity index (χ0v) is 12.7. The molecule has 4 nitrogen and oxygen atoms in total. The van der Waals surface area contributed by atoms with E-state index in [9.17, 15) is 9.18 Å². The summed E-state index contributed by atoms with van der Waals surface area (Å²) in [4.78, 5) is 18.3. The lowest BCUT2D eigenvalue weighted by molar-refractivity contribution is 0.0706. The summed E-state index contributed by atoms with van der Waals surface area (Å²) in [6.07, 6.45) is 2.91. The van der Waals surface area contributed by atoms with Crippen LogP contribution in [0.25, 0.3) is 0 Å². The molecule has 0 aliphatic rings. The molecular formula is C15H24FN3O. The number of aromatic nitrogens is 1. The third-order valence-corrected chi connectivity index (χ3v) is 2.98. The third-order valence-electron chi connectivity index (χ3n) is 2.98. The van der Waals surface area contributed by atoms with Gasteiger partial charge in [0.25, 0.3) is 5.91 Å². The van der Waals surface area contributed by atoms with Gasteiger partial charge in [0.1, 0.15) is 11.6 Å². The maximum atomic E-state index is 13.4. The summed E-state index contributed by atoms with van der Waals surface area (Å²) < 4.78 is 13.4. The summed E-state index contributed by atoms with van der Waals surface area (Å²) in [6, 6.07) is 1.34. The van der Waals surface area contributed by atoms with Crippen LogP contribution < -0.4 is 5.32 Å². The van der Waals surface area contributed by atoms with Crippen LogP contribution in [0.3, 0.4) is 0 Å². The Bertz CT molecular complexity index is 449. The Hall–Kier alpha value is -1.65. The molecule has 0 spiro atoms. The second-order valence-corrected chi connectivity index (χ2v) is 5.07. The standard InChI is InChI=1S/C15H24FN3O/c1-5-7-17-14-13(9-12(16)10-18-14)15(20)19(8-6-2)11(3)4/h9-11H,5-8H2,1-4H3,(H,17,18). The first kappa shape index (κ1) is 16.4. The van der Waals surface area contributed by atoms with Gasteiger partial charge < -0.3 is 10.2 Å². The van der Waals surface area contributed by atoms with E-state index in [-0.39, 0.29) is 11.9 Å². The van der Waals surface area contributed by atoms with Gasteiger partial charge in [-0.2, -0.15) is 0 Å². The van der Waals surface area contributed by atoms with Gasteiger partial charge in [-0.1, -0.05) is 13.8 Å². The van der Waals surface area contributed by atoms with E-state index >= 15 is 0 Å². The number of nitrogens with zero attached hydrogens (tertiary/aromatic N) is 2. The molecule has 0 fully saturated rings. The Morgan fingerprint density at radius 2 is 2.10 bits per heavy atom. The molecule has 1 rings (SSSR count). The molecule has 0 bridgehead atoms. The molecule has 5 heteroatoms. The average Bonchev–Trinajstić information content (AvgIpc) is 2.42. The highest BCUT2D eigenvalue weighted by Gasteiger charge is 2.22. The summed E-state index contributed by atoms with van der Waals surface area (Å²) in [5.74, 6) is -0.206. The third kappa shape index (κ3) is 4.18. The lowest BCUT2D eigenvalue weighted by Gasteiger charge is -2.27. The molecule has 0 radical (unpaired) electrons. The van der Waals surface area contributed by atoms with Crippen molar-refractivity contribution < 1.29 is 9.18 Å². The van der Waals surface area contributed by atoms with Crippen LogP contribution in [0.1, 0.15) is 50.9 Å². The normalized spacial score (nSPS) is 10.7. The summed E-state index contributed by atoms with van der Waals surface area (Å²) in [5, 5.41) is 3.08. The predicted octanol–water partition coefficient (Wildman–Crippen LogP) is 3.30. The lowest BCUT2D eigenvalue weighted by Crippen LogP contribution is -2.38. The van der Waals surface area contributed by atoms with Gasteiger partial charge in [0, 0.05) is 19.1 Å². The van der Waals surface area contributed by atoms with Crippen molar-refractivity contribution >= 4 is 11.7 Å². The first-order valence-electron chi connectivity index (χ1n) is 7.21. The number of rotatable bonds is 7. The zero-order valence-electron chi connectivity index (χ0n) is 12.7. The van der Waals surface area contributed by atoms with Crippen molar-refractivity contribution in [3.8, 4) is 0 Å². The maximum Gasteiger partial charge on any atom is 0.257 e. The van der Waals surface area contributed by atoms with E-state index in [1.54, 1.807) is 4.90 Å². The van der Waals surface area contributed by atoms with Crippen LogP contribution in [0, 0.1) is 5.82 Å². The van der Waals surface area contributed by atoms with Gasteiger partial charge in [0.2, 0.25) is 0 Å². The van der Waals surface area contributed by atoms with Crippen LogP contribution in [0.4, 0.5) is 10.2 Å². The SMILES string of the molecule is CCCNc1ncc(F)cc1C(=O)N(CCC)C(C)C. The quantitative estimate of drug-likeness (QED) is 0.834. The van der Waals surface area contributed by atoms with Gasteiger partial charge in [0.05, 0.1) is 11.8 Å². The molecule has 0 saturated heterocycles. The Morgan fingerprint density at radius 1 is 1.40 bits per heavy atom. The van der Waals surface area contributed by atoms with Gasteiger partial charge in [-0.05, 0) is 32.8 Å². The molecule has 0 aromatic carbocycles. The molecule has 1 N–H and O–H groups in total. The van der Waals surface area contributed by atoms with Crippen molar-refractivity contribution in [2.24, 2.45) is 0 Å². The van der Waals surface area contributed by atoms with Crippen LogP contribution in [0.2, 0.25) is 0 Å². The van der Waals surface area contributed by atoms with Crippen LogP contribution in [0.5, 0.6) is 0 Å². The highest BCUT2D eigenvalue weighted by atomic mass is 19.1. The van der Waals surface area contributed by atoms with Gasteiger partial charge in [-0.15, -0.1) is 0 Å². The minimum atomic E-state index is -0.490. The summed E-state index contributed by atoms with van der Waals surface area (Å²) in [6.45, 7) is 9.31. The molecule has 0 unspecified atom stereocenters. The smallest absolute Gasteiger partial charge is 0.257 e. The van der Waals surface area contributed by atoms with Gasteiger partial charge in [-0.25, -0.2) is 9.37 Å². The Kier molecular flexibility index (Phi) is 6.42. The second kappa shape index (κ2) is 7.82. The van der Waals surface area contributed by atoms with E-state index in [4.69, 9.17) is 0 Å².